The average Bonchev–Trinajstić information content (AvgIpc) is 3.31. The number of fused-ring (bicyclic) bond motifs is 2. The van der Waals surface area contributed by atoms with E-state index in [0.29, 0.717) is 6.42 Å². The number of halogens is 1. The van der Waals surface area contributed by atoms with E-state index < -0.39 is 11.0 Å². The zero-order chi connectivity index (χ0) is 22.6. The molecule has 2 heterocycles. The van der Waals surface area contributed by atoms with E-state index in [1.165, 1.54) is 17.7 Å². The summed E-state index contributed by atoms with van der Waals surface area (Å²) in [5.74, 6) is -0.273. The van der Waals surface area contributed by atoms with Gasteiger partial charge < -0.3 is 10.2 Å². The molecule has 0 bridgehead atoms. The predicted octanol–water partition coefficient (Wildman–Crippen LogP) is 4.42. The number of aliphatic hydroxyl groups excluding tert-OH is 1. The van der Waals surface area contributed by atoms with Crippen LogP contribution in [0.1, 0.15) is 49.9 Å². The van der Waals surface area contributed by atoms with Crippen molar-refractivity contribution in [2.24, 2.45) is 10.8 Å². The number of aliphatic hydroxyl groups is 2. The zero-order valence-electron chi connectivity index (χ0n) is 18.4. The molecule has 1 aromatic carbocycles. The summed E-state index contributed by atoms with van der Waals surface area (Å²) in [6.45, 7) is 4.02. The molecular formula is C26H28FN3O2. The summed E-state index contributed by atoms with van der Waals surface area (Å²) in [5.41, 5.74) is 3.09. The van der Waals surface area contributed by atoms with Gasteiger partial charge in [0.05, 0.1) is 23.2 Å². The Balaban J connectivity index is 1.52. The van der Waals surface area contributed by atoms with E-state index in [1.54, 1.807) is 24.5 Å². The van der Waals surface area contributed by atoms with Crippen molar-refractivity contribution in [3.8, 4) is 5.69 Å². The highest BCUT2D eigenvalue weighted by atomic mass is 19.1. The van der Waals surface area contributed by atoms with Crippen molar-refractivity contribution in [2.45, 2.75) is 45.1 Å². The van der Waals surface area contributed by atoms with Crippen molar-refractivity contribution in [1.82, 2.24) is 14.8 Å². The van der Waals surface area contributed by atoms with Crippen LogP contribution in [0.2, 0.25) is 0 Å². The van der Waals surface area contributed by atoms with E-state index in [-0.39, 0.29) is 17.8 Å². The number of pyridine rings is 1. The van der Waals surface area contributed by atoms with Gasteiger partial charge in [-0.15, -0.1) is 0 Å². The van der Waals surface area contributed by atoms with Gasteiger partial charge in [-0.3, -0.25) is 4.98 Å². The normalized spacial score (nSPS) is 26.2. The summed E-state index contributed by atoms with van der Waals surface area (Å²) in [5, 5.41) is 26.7. The van der Waals surface area contributed by atoms with Gasteiger partial charge >= 0.3 is 0 Å². The maximum absolute atomic E-state index is 13.4. The molecule has 2 aliphatic carbocycles. The van der Waals surface area contributed by atoms with Crippen LogP contribution in [0.25, 0.3) is 11.8 Å². The second-order valence-electron chi connectivity index (χ2n) is 9.75. The van der Waals surface area contributed by atoms with Crippen LogP contribution in [0, 0.1) is 16.6 Å². The molecule has 2 aromatic heterocycles. The van der Waals surface area contributed by atoms with Gasteiger partial charge in [0.25, 0.3) is 0 Å². The van der Waals surface area contributed by atoms with Crippen LogP contribution in [-0.4, -0.2) is 31.6 Å². The monoisotopic (exact) mass is 433 g/mol. The fourth-order valence-electron chi connectivity index (χ4n) is 5.85. The van der Waals surface area contributed by atoms with Crippen LogP contribution < -0.4 is 0 Å². The molecular weight excluding hydrogens is 405 g/mol. The van der Waals surface area contributed by atoms with Crippen LogP contribution in [0.15, 0.2) is 60.6 Å². The number of allylic oxidation sites excluding steroid dienone is 1. The Hall–Kier alpha value is -2.83. The standard InChI is InChI=1S/C26H28FN3O2/c1-24-13-18-14-29-30(22-7-5-21(27)6-8-22)23(18)12-19(24)9-10-26(24,17-31)16-25(2,32)20-4-3-11-28-15-20/h3-8,11-12,14-15,31-32H,9-10,13,16-17H2,1-2H3/t24-,25?,26-/m0/s1. The van der Waals surface area contributed by atoms with Crippen molar-refractivity contribution in [2.75, 3.05) is 6.61 Å². The Morgan fingerprint density at radius 1 is 1.19 bits per heavy atom. The lowest BCUT2D eigenvalue weighted by atomic mass is 9.57. The number of hydrogen-bond acceptors (Lipinski definition) is 4. The Labute approximate surface area is 187 Å². The lowest BCUT2D eigenvalue weighted by Crippen LogP contribution is -2.46. The average molecular weight is 434 g/mol. The maximum Gasteiger partial charge on any atom is 0.123 e. The first-order chi connectivity index (χ1) is 15.3. The summed E-state index contributed by atoms with van der Waals surface area (Å²) >= 11 is 0. The lowest BCUT2D eigenvalue weighted by molar-refractivity contribution is -0.0604. The van der Waals surface area contributed by atoms with E-state index in [0.717, 1.165) is 41.8 Å². The van der Waals surface area contributed by atoms with E-state index in [2.05, 4.69) is 23.1 Å². The maximum atomic E-state index is 13.4. The molecule has 2 aliphatic rings. The van der Waals surface area contributed by atoms with Crippen LogP contribution in [0.4, 0.5) is 4.39 Å². The van der Waals surface area contributed by atoms with Gasteiger partial charge in [-0.25, -0.2) is 9.07 Å². The minimum atomic E-state index is -1.10. The highest BCUT2D eigenvalue weighted by Gasteiger charge is 2.57. The molecule has 5 nitrogen and oxygen atoms in total. The molecule has 2 N–H and O–H groups in total. The molecule has 0 saturated heterocycles. The molecule has 0 amide bonds. The molecule has 6 heteroatoms. The summed E-state index contributed by atoms with van der Waals surface area (Å²) in [4.78, 5) is 4.17. The topological polar surface area (TPSA) is 71.2 Å². The highest BCUT2D eigenvalue weighted by Crippen LogP contribution is 2.63. The van der Waals surface area contributed by atoms with Gasteiger partial charge in [0, 0.05) is 35.4 Å². The molecule has 0 aliphatic heterocycles. The fourth-order valence-corrected chi connectivity index (χ4v) is 5.85. The molecule has 0 radical (unpaired) electrons. The molecule has 3 aromatic rings. The van der Waals surface area contributed by atoms with Gasteiger partial charge in [-0.2, -0.15) is 5.10 Å². The first-order valence-corrected chi connectivity index (χ1v) is 11.1. The Kier molecular flexibility index (Phi) is 4.84. The van der Waals surface area contributed by atoms with Gasteiger partial charge in [-0.05, 0) is 74.6 Å². The summed E-state index contributed by atoms with van der Waals surface area (Å²) < 4.78 is 15.2. The molecule has 5 rings (SSSR count). The minimum absolute atomic E-state index is 0.00130. The molecule has 1 unspecified atom stereocenters. The number of nitrogens with zero attached hydrogens (tertiary/aromatic N) is 3. The van der Waals surface area contributed by atoms with Gasteiger partial charge in [0.15, 0.2) is 0 Å². The van der Waals surface area contributed by atoms with Gasteiger partial charge in [0.1, 0.15) is 5.82 Å². The molecule has 166 valence electrons. The van der Waals surface area contributed by atoms with E-state index in [4.69, 9.17) is 0 Å². The lowest BCUT2D eigenvalue weighted by Gasteiger charge is -2.48. The second kappa shape index (κ2) is 7.36. The third-order valence-corrected chi connectivity index (χ3v) is 7.83. The van der Waals surface area contributed by atoms with E-state index >= 15 is 0 Å². The number of aromatic nitrogens is 3. The zero-order valence-corrected chi connectivity index (χ0v) is 18.4. The first kappa shape index (κ1) is 21.0. The van der Waals surface area contributed by atoms with Crippen molar-refractivity contribution in [3.63, 3.8) is 0 Å². The third kappa shape index (κ3) is 3.12. The molecule has 3 atom stereocenters. The molecule has 0 spiro atoms. The Morgan fingerprint density at radius 3 is 2.66 bits per heavy atom. The van der Waals surface area contributed by atoms with Gasteiger partial charge in [0.2, 0.25) is 0 Å². The Bertz CT molecular complexity index is 1170. The fraction of sp³-hybridized carbons (Fsp3) is 0.385. The quantitative estimate of drug-likeness (QED) is 0.625. The number of hydrogen-bond donors (Lipinski definition) is 2. The smallest absolute Gasteiger partial charge is 0.123 e. The highest BCUT2D eigenvalue weighted by molar-refractivity contribution is 5.62. The van der Waals surface area contributed by atoms with Gasteiger partial charge in [-0.1, -0.05) is 18.6 Å². The van der Waals surface area contributed by atoms with Crippen LogP contribution in [0.5, 0.6) is 0 Å². The minimum Gasteiger partial charge on any atom is -0.396 e. The van der Waals surface area contributed by atoms with Crippen molar-refractivity contribution < 1.29 is 14.6 Å². The number of benzene rings is 1. The third-order valence-electron chi connectivity index (χ3n) is 7.83. The SMILES string of the molecule is CC(O)(C[C@]1(CO)CCC2=Cc3c(cnn3-c3ccc(F)cc3)C[C@@]21C)c1cccnc1. The summed E-state index contributed by atoms with van der Waals surface area (Å²) in [6.07, 6.45) is 10.3. The molecule has 1 saturated carbocycles. The van der Waals surface area contributed by atoms with Crippen molar-refractivity contribution >= 4 is 6.08 Å². The largest absolute Gasteiger partial charge is 0.396 e. The van der Waals surface area contributed by atoms with Crippen molar-refractivity contribution in [3.05, 3.63) is 83.2 Å². The van der Waals surface area contributed by atoms with Crippen LogP contribution in [-0.2, 0) is 12.0 Å². The van der Waals surface area contributed by atoms with Crippen LogP contribution >= 0.6 is 0 Å². The molecule has 1 fully saturated rings. The van der Waals surface area contributed by atoms with Crippen LogP contribution in [0.3, 0.4) is 0 Å². The second-order valence-corrected chi connectivity index (χ2v) is 9.75. The summed E-state index contributed by atoms with van der Waals surface area (Å²) in [7, 11) is 0. The first-order valence-electron chi connectivity index (χ1n) is 11.1. The van der Waals surface area contributed by atoms with Crippen molar-refractivity contribution in [1.29, 1.82) is 0 Å². The summed E-state index contributed by atoms with van der Waals surface area (Å²) in [6, 6.07) is 10.1. The van der Waals surface area contributed by atoms with E-state index in [1.807, 2.05) is 29.9 Å². The molecule has 32 heavy (non-hydrogen) atoms. The van der Waals surface area contributed by atoms with E-state index in [9.17, 15) is 14.6 Å². The predicted molar refractivity (Wildman–Crippen MR) is 120 cm³/mol. The number of rotatable bonds is 5. The Morgan fingerprint density at radius 2 is 1.97 bits per heavy atom.